The molecule has 37 heavy (non-hydrogen) atoms. The minimum absolute atomic E-state index is 0.00162. The van der Waals surface area contributed by atoms with Gasteiger partial charge in [0.05, 0.1) is 35.5 Å². The summed E-state index contributed by atoms with van der Waals surface area (Å²) in [5.74, 6) is -0.564. The fraction of sp³-hybridized carbons (Fsp3) is 0.207. The Kier molecular flexibility index (Phi) is 6.67. The fourth-order valence-electron chi connectivity index (χ4n) is 4.36. The van der Waals surface area contributed by atoms with Gasteiger partial charge in [0, 0.05) is 5.56 Å². The van der Waals surface area contributed by atoms with Gasteiger partial charge in [-0.2, -0.15) is 0 Å². The van der Waals surface area contributed by atoms with Crippen molar-refractivity contribution in [2.75, 3.05) is 18.6 Å². The largest absolute Gasteiger partial charge is 0.507 e. The summed E-state index contributed by atoms with van der Waals surface area (Å²) in [5, 5.41) is 11.8. The highest BCUT2D eigenvalue weighted by atomic mass is 32.1. The number of nitrogens with zero attached hydrogens (tertiary/aromatic N) is 2. The van der Waals surface area contributed by atoms with Crippen molar-refractivity contribution in [3.63, 3.8) is 0 Å². The van der Waals surface area contributed by atoms with Gasteiger partial charge in [-0.3, -0.25) is 14.5 Å². The van der Waals surface area contributed by atoms with E-state index >= 15 is 0 Å². The first-order valence-electron chi connectivity index (χ1n) is 12.0. The van der Waals surface area contributed by atoms with Crippen LogP contribution in [0.1, 0.15) is 36.1 Å². The van der Waals surface area contributed by atoms with Gasteiger partial charge in [-0.05, 0) is 60.9 Å². The quantitative estimate of drug-likeness (QED) is 0.184. The van der Waals surface area contributed by atoms with Crippen molar-refractivity contribution in [3.05, 3.63) is 89.0 Å². The summed E-state index contributed by atoms with van der Waals surface area (Å²) in [6, 6.07) is 19.0. The molecular weight excluding hydrogens is 488 g/mol. The van der Waals surface area contributed by atoms with E-state index in [4.69, 9.17) is 9.47 Å². The predicted octanol–water partition coefficient (Wildman–Crippen LogP) is 6.03. The second-order valence-electron chi connectivity index (χ2n) is 8.79. The first kappa shape index (κ1) is 24.5. The summed E-state index contributed by atoms with van der Waals surface area (Å²) in [4.78, 5) is 33.0. The molecule has 5 rings (SSSR count). The van der Waals surface area contributed by atoms with Gasteiger partial charge in [-0.25, -0.2) is 4.98 Å². The SMILES string of the molecule is CCCOc1cccc(C(O)=C2C(=O)C(=O)N(c3nc4ccc(C)cc4s3)C2c2ccc(OC)cc2)c1. The number of aliphatic hydroxyl groups is 1. The first-order valence-corrected chi connectivity index (χ1v) is 12.8. The molecule has 2 heterocycles. The monoisotopic (exact) mass is 514 g/mol. The summed E-state index contributed by atoms with van der Waals surface area (Å²) in [6.45, 7) is 4.52. The number of aliphatic hydroxyl groups excluding tert-OH is 1. The third-order valence-corrected chi connectivity index (χ3v) is 7.21. The molecule has 7 nitrogen and oxygen atoms in total. The van der Waals surface area contributed by atoms with Gasteiger partial charge < -0.3 is 14.6 Å². The molecule has 1 aromatic heterocycles. The minimum Gasteiger partial charge on any atom is -0.507 e. The zero-order valence-electron chi connectivity index (χ0n) is 20.7. The third kappa shape index (κ3) is 4.56. The van der Waals surface area contributed by atoms with Gasteiger partial charge in [0.1, 0.15) is 17.3 Å². The van der Waals surface area contributed by atoms with Gasteiger partial charge in [0.2, 0.25) is 0 Å². The normalized spacial score (nSPS) is 16.9. The Morgan fingerprint density at radius 1 is 1.05 bits per heavy atom. The number of hydrogen-bond donors (Lipinski definition) is 1. The first-order chi connectivity index (χ1) is 17.9. The highest BCUT2D eigenvalue weighted by molar-refractivity contribution is 7.22. The topological polar surface area (TPSA) is 89.0 Å². The van der Waals surface area contributed by atoms with Crippen LogP contribution in [0.3, 0.4) is 0 Å². The van der Waals surface area contributed by atoms with Crippen molar-refractivity contribution in [1.82, 2.24) is 4.98 Å². The van der Waals surface area contributed by atoms with Crippen molar-refractivity contribution < 1.29 is 24.2 Å². The van der Waals surface area contributed by atoms with E-state index < -0.39 is 17.7 Å². The van der Waals surface area contributed by atoms with E-state index in [1.54, 1.807) is 55.6 Å². The van der Waals surface area contributed by atoms with E-state index in [-0.39, 0.29) is 11.3 Å². The Balaban J connectivity index is 1.68. The van der Waals surface area contributed by atoms with E-state index in [9.17, 15) is 14.7 Å². The number of methoxy groups -OCH3 is 1. The van der Waals surface area contributed by atoms with Crippen LogP contribution in [0.5, 0.6) is 11.5 Å². The van der Waals surface area contributed by atoms with Crippen LogP contribution in [0.15, 0.2) is 72.3 Å². The van der Waals surface area contributed by atoms with Crippen molar-refractivity contribution >= 4 is 44.1 Å². The van der Waals surface area contributed by atoms with Crippen LogP contribution in [0.25, 0.3) is 16.0 Å². The molecule has 4 aromatic rings. The standard InChI is InChI=1S/C29H26N2O5S/c1-4-14-36-21-7-5-6-19(16-21)26(32)24-25(18-9-11-20(35-3)12-10-18)31(28(34)27(24)33)29-30-22-13-8-17(2)15-23(22)37-29/h5-13,15-16,25,32H,4,14H2,1-3H3. The highest BCUT2D eigenvalue weighted by Crippen LogP contribution is 2.44. The Bertz CT molecular complexity index is 1520. The van der Waals surface area contributed by atoms with E-state index in [0.29, 0.717) is 34.4 Å². The van der Waals surface area contributed by atoms with E-state index in [1.165, 1.54) is 16.2 Å². The van der Waals surface area contributed by atoms with Crippen LogP contribution < -0.4 is 14.4 Å². The van der Waals surface area contributed by atoms with Gasteiger partial charge >= 0.3 is 5.91 Å². The number of fused-ring (bicyclic) bond motifs is 1. The van der Waals surface area contributed by atoms with E-state index in [1.807, 2.05) is 32.0 Å². The fourth-order valence-corrected chi connectivity index (χ4v) is 5.45. The molecule has 1 aliphatic rings. The summed E-state index contributed by atoms with van der Waals surface area (Å²) in [5.41, 5.74) is 2.85. The summed E-state index contributed by atoms with van der Waals surface area (Å²) >= 11 is 1.33. The lowest BCUT2D eigenvalue weighted by Crippen LogP contribution is -2.29. The number of ether oxygens (including phenoxy) is 2. The lowest BCUT2D eigenvalue weighted by Gasteiger charge is -2.23. The van der Waals surface area contributed by atoms with Crippen LogP contribution in [0.4, 0.5) is 5.13 Å². The number of Topliss-reactive ketones (excluding diaryl/α,β-unsaturated/α-hetero) is 1. The minimum atomic E-state index is -0.868. The Morgan fingerprint density at radius 2 is 1.84 bits per heavy atom. The van der Waals surface area contributed by atoms with Gasteiger partial charge in [-0.15, -0.1) is 0 Å². The maximum atomic E-state index is 13.5. The van der Waals surface area contributed by atoms with Crippen molar-refractivity contribution in [2.45, 2.75) is 26.3 Å². The molecule has 1 aliphatic heterocycles. The molecule has 0 bridgehead atoms. The highest BCUT2D eigenvalue weighted by Gasteiger charge is 2.48. The van der Waals surface area contributed by atoms with Crippen molar-refractivity contribution in [2.24, 2.45) is 0 Å². The van der Waals surface area contributed by atoms with E-state index in [2.05, 4.69) is 4.98 Å². The van der Waals surface area contributed by atoms with Gasteiger partial charge in [-0.1, -0.05) is 48.6 Å². The predicted molar refractivity (Wildman–Crippen MR) is 144 cm³/mol. The van der Waals surface area contributed by atoms with Crippen molar-refractivity contribution in [1.29, 1.82) is 0 Å². The molecule has 0 saturated carbocycles. The molecule has 0 aliphatic carbocycles. The number of carbonyl (C=O) groups is 2. The molecule has 188 valence electrons. The van der Waals surface area contributed by atoms with Crippen LogP contribution in [0.2, 0.25) is 0 Å². The van der Waals surface area contributed by atoms with Crippen LogP contribution in [0, 0.1) is 6.92 Å². The zero-order valence-corrected chi connectivity index (χ0v) is 21.5. The molecular formula is C29H26N2O5S. The average molecular weight is 515 g/mol. The van der Waals surface area contributed by atoms with Crippen molar-refractivity contribution in [3.8, 4) is 11.5 Å². The third-order valence-electron chi connectivity index (χ3n) is 6.20. The lowest BCUT2D eigenvalue weighted by molar-refractivity contribution is -0.132. The number of anilines is 1. The molecule has 8 heteroatoms. The van der Waals surface area contributed by atoms with Crippen LogP contribution >= 0.6 is 11.3 Å². The van der Waals surface area contributed by atoms with Crippen LogP contribution in [-0.2, 0) is 9.59 Å². The Hall–Kier alpha value is -4.17. The average Bonchev–Trinajstić information content (AvgIpc) is 3.44. The molecule has 1 fully saturated rings. The summed E-state index contributed by atoms with van der Waals surface area (Å²) < 4.78 is 11.9. The number of amides is 1. The zero-order chi connectivity index (χ0) is 26.1. The Morgan fingerprint density at radius 3 is 2.57 bits per heavy atom. The molecule has 0 spiro atoms. The number of aromatic nitrogens is 1. The number of benzene rings is 3. The number of carbonyl (C=O) groups excluding carboxylic acids is 2. The van der Waals surface area contributed by atoms with Gasteiger partial charge in [0.15, 0.2) is 5.13 Å². The molecule has 1 N–H and O–H groups in total. The molecule has 1 saturated heterocycles. The smallest absolute Gasteiger partial charge is 0.301 e. The maximum absolute atomic E-state index is 13.5. The number of aryl methyl sites for hydroxylation is 1. The van der Waals surface area contributed by atoms with Crippen LogP contribution in [-0.4, -0.2) is 35.5 Å². The number of thiazole rings is 1. The summed E-state index contributed by atoms with van der Waals surface area (Å²) in [7, 11) is 1.57. The molecule has 1 unspecified atom stereocenters. The Labute approximate surface area is 218 Å². The van der Waals surface area contributed by atoms with E-state index in [0.717, 1.165) is 22.2 Å². The summed E-state index contributed by atoms with van der Waals surface area (Å²) in [6.07, 6.45) is 0.834. The maximum Gasteiger partial charge on any atom is 0.301 e. The molecule has 1 atom stereocenters. The molecule has 0 radical (unpaired) electrons. The number of hydrogen-bond acceptors (Lipinski definition) is 7. The van der Waals surface area contributed by atoms with Gasteiger partial charge in [0.25, 0.3) is 5.78 Å². The number of rotatable bonds is 7. The molecule has 1 amide bonds. The second-order valence-corrected chi connectivity index (χ2v) is 9.80. The second kappa shape index (κ2) is 10.1. The molecule has 3 aromatic carbocycles. The number of ketones is 1. The lowest BCUT2D eigenvalue weighted by atomic mass is 9.95.